The van der Waals surface area contributed by atoms with Crippen LogP contribution in [0.1, 0.15) is 49.5 Å². The molecule has 2 aromatic heterocycles. The van der Waals surface area contributed by atoms with Crippen LogP contribution in [0.25, 0.3) is 0 Å². The van der Waals surface area contributed by atoms with Crippen LogP contribution < -0.4 is 0 Å². The second-order valence-corrected chi connectivity index (χ2v) is 8.02. The average Bonchev–Trinajstić information content (AvgIpc) is 3.11. The van der Waals surface area contributed by atoms with Crippen molar-refractivity contribution >= 4 is 23.2 Å². The zero-order valence-electron chi connectivity index (χ0n) is 15.9. The molecule has 0 aromatic carbocycles. The van der Waals surface area contributed by atoms with E-state index in [1.807, 2.05) is 34.2 Å². The second-order valence-electron chi connectivity index (χ2n) is 7.04. The van der Waals surface area contributed by atoms with Crippen LogP contribution in [0.5, 0.6) is 0 Å². The van der Waals surface area contributed by atoms with Crippen LogP contribution in [-0.2, 0) is 16.1 Å². The normalized spacial score (nSPS) is 18.6. The van der Waals surface area contributed by atoms with E-state index in [0.29, 0.717) is 13.1 Å². The third-order valence-corrected chi connectivity index (χ3v) is 6.22. The van der Waals surface area contributed by atoms with Crippen LogP contribution in [0.15, 0.2) is 36.2 Å². The number of rotatable bonds is 5. The highest BCUT2D eigenvalue weighted by Gasteiger charge is 2.29. The number of thiophene rings is 1. The Hall–Kier alpha value is -2.28. The molecule has 3 rings (SSSR count). The van der Waals surface area contributed by atoms with Crippen molar-refractivity contribution < 1.29 is 9.59 Å². The largest absolute Gasteiger partial charge is 0.342 e. The smallest absolute Gasteiger partial charge is 0.230 e. The molecule has 0 N–H and O–H groups in total. The summed E-state index contributed by atoms with van der Waals surface area (Å²) < 4.78 is 0. The minimum atomic E-state index is -0.105. The fraction of sp³-hybridized carbons (Fsp3) is 0.500. The van der Waals surface area contributed by atoms with Gasteiger partial charge in [0.15, 0.2) is 0 Å². The summed E-state index contributed by atoms with van der Waals surface area (Å²) in [6.45, 7) is 5.55. The number of carbonyl (C=O) groups is 2. The van der Waals surface area contributed by atoms with Crippen molar-refractivity contribution in [3.05, 3.63) is 46.7 Å². The molecule has 2 atom stereocenters. The lowest BCUT2D eigenvalue weighted by Crippen LogP contribution is -2.40. The Morgan fingerprint density at radius 3 is 2.74 bits per heavy atom. The molecule has 1 fully saturated rings. The lowest BCUT2D eigenvalue weighted by atomic mass is 10.1. The summed E-state index contributed by atoms with van der Waals surface area (Å²) in [7, 11) is 0. The van der Waals surface area contributed by atoms with Crippen molar-refractivity contribution in [2.45, 2.75) is 51.6 Å². The third kappa shape index (κ3) is 4.91. The van der Waals surface area contributed by atoms with E-state index in [2.05, 4.69) is 9.97 Å². The highest BCUT2D eigenvalue weighted by molar-refractivity contribution is 7.10. The number of amides is 2. The molecule has 0 radical (unpaired) electrons. The molecule has 27 heavy (non-hydrogen) atoms. The third-order valence-electron chi connectivity index (χ3n) is 5.16. The monoisotopic (exact) mass is 386 g/mol. The van der Waals surface area contributed by atoms with Gasteiger partial charge in [-0.3, -0.25) is 9.59 Å². The van der Waals surface area contributed by atoms with Crippen LogP contribution >= 0.6 is 11.3 Å². The topological polar surface area (TPSA) is 66.4 Å². The molecule has 0 bridgehead atoms. The van der Waals surface area contributed by atoms with E-state index in [9.17, 15) is 9.59 Å². The summed E-state index contributed by atoms with van der Waals surface area (Å²) in [4.78, 5) is 38.2. The summed E-state index contributed by atoms with van der Waals surface area (Å²) >= 11 is 1.63. The van der Waals surface area contributed by atoms with Crippen molar-refractivity contribution in [3.63, 3.8) is 0 Å². The highest BCUT2D eigenvalue weighted by atomic mass is 32.1. The van der Waals surface area contributed by atoms with Crippen molar-refractivity contribution in [2.24, 2.45) is 0 Å². The lowest BCUT2D eigenvalue weighted by molar-refractivity contribution is -0.132. The zero-order valence-corrected chi connectivity index (χ0v) is 16.7. The molecule has 144 valence electrons. The molecule has 0 spiro atoms. The van der Waals surface area contributed by atoms with Crippen molar-refractivity contribution in [3.8, 4) is 0 Å². The van der Waals surface area contributed by atoms with Gasteiger partial charge in [0.2, 0.25) is 11.8 Å². The summed E-state index contributed by atoms with van der Waals surface area (Å²) in [5.41, 5.74) is 0.927. The minimum absolute atomic E-state index is 0.0515. The van der Waals surface area contributed by atoms with Crippen molar-refractivity contribution in [2.75, 3.05) is 13.1 Å². The van der Waals surface area contributed by atoms with Gasteiger partial charge in [0, 0.05) is 55.4 Å². The Bertz CT molecular complexity index is 751. The van der Waals surface area contributed by atoms with Gasteiger partial charge < -0.3 is 9.80 Å². The van der Waals surface area contributed by atoms with E-state index >= 15 is 0 Å². The maximum Gasteiger partial charge on any atom is 0.230 e. The highest BCUT2D eigenvalue weighted by Crippen LogP contribution is 2.25. The van der Waals surface area contributed by atoms with E-state index in [4.69, 9.17) is 0 Å². The second kappa shape index (κ2) is 9.08. The lowest BCUT2D eigenvalue weighted by Gasteiger charge is -2.30. The Balaban J connectivity index is 1.64. The summed E-state index contributed by atoms with van der Waals surface area (Å²) in [5.74, 6) is 0.131. The Morgan fingerprint density at radius 2 is 2.07 bits per heavy atom. The molecule has 1 aliphatic rings. The predicted octanol–water partition coefficient (Wildman–Crippen LogP) is 3.07. The number of hydrogen-bond acceptors (Lipinski definition) is 5. The van der Waals surface area contributed by atoms with Crippen molar-refractivity contribution in [1.29, 1.82) is 0 Å². The molecule has 0 saturated carbocycles. The Kier molecular flexibility index (Phi) is 6.55. The molecule has 2 aromatic rings. The molecule has 6 nitrogen and oxygen atoms in total. The first-order valence-electron chi connectivity index (χ1n) is 9.39. The minimum Gasteiger partial charge on any atom is -0.342 e. The number of likely N-dealkylation sites (tertiary alicyclic amines) is 1. The zero-order chi connectivity index (χ0) is 19.2. The quantitative estimate of drug-likeness (QED) is 0.792. The molecule has 2 amide bonds. The van der Waals surface area contributed by atoms with Gasteiger partial charge in [-0.1, -0.05) is 6.07 Å². The fourth-order valence-electron chi connectivity index (χ4n) is 3.65. The van der Waals surface area contributed by atoms with Gasteiger partial charge in [-0.25, -0.2) is 9.97 Å². The molecular weight excluding hydrogens is 360 g/mol. The van der Waals surface area contributed by atoms with Gasteiger partial charge in [-0.15, -0.1) is 11.3 Å². The molecule has 0 unspecified atom stereocenters. The van der Waals surface area contributed by atoms with Crippen LogP contribution in [0.2, 0.25) is 0 Å². The summed E-state index contributed by atoms with van der Waals surface area (Å²) in [6.07, 6.45) is 7.60. The van der Waals surface area contributed by atoms with E-state index in [0.717, 1.165) is 36.2 Å². The molecule has 1 saturated heterocycles. The average molecular weight is 387 g/mol. The van der Waals surface area contributed by atoms with E-state index in [1.165, 1.54) is 6.33 Å². The van der Waals surface area contributed by atoms with Crippen molar-refractivity contribution in [1.82, 2.24) is 19.8 Å². The first-order chi connectivity index (χ1) is 13.1. The van der Waals surface area contributed by atoms with Crippen LogP contribution in [0.4, 0.5) is 0 Å². The maximum atomic E-state index is 12.9. The SMILES string of the molecule is CC(=O)N(Cc1cncnc1)[C@H]1CCCN(C(=O)[C@@H](C)c2cccs2)CC1. The van der Waals surface area contributed by atoms with Crippen LogP contribution in [0, 0.1) is 0 Å². The van der Waals surface area contributed by atoms with Crippen LogP contribution in [0.3, 0.4) is 0 Å². The summed E-state index contributed by atoms with van der Waals surface area (Å²) in [5, 5.41) is 2.01. The molecule has 3 heterocycles. The first kappa shape index (κ1) is 19.5. The van der Waals surface area contributed by atoms with Gasteiger partial charge in [0.05, 0.1) is 5.92 Å². The molecule has 7 heteroatoms. The maximum absolute atomic E-state index is 12.9. The number of carbonyl (C=O) groups excluding carboxylic acids is 2. The van der Waals surface area contributed by atoms with E-state index in [-0.39, 0.29) is 23.8 Å². The predicted molar refractivity (Wildman–Crippen MR) is 105 cm³/mol. The first-order valence-corrected chi connectivity index (χ1v) is 10.3. The van der Waals surface area contributed by atoms with E-state index in [1.54, 1.807) is 30.7 Å². The van der Waals surface area contributed by atoms with Gasteiger partial charge in [0.1, 0.15) is 6.33 Å². The molecule has 0 aliphatic carbocycles. The van der Waals surface area contributed by atoms with Gasteiger partial charge >= 0.3 is 0 Å². The number of nitrogens with zero attached hydrogens (tertiary/aromatic N) is 4. The number of hydrogen-bond donors (Lipinski definition) is 0. The number of aromatic nitrogens is 2. The van der Waals surface area contributed by atoms with Gasteiger partial charge in [-0.2, -0.15) is 0 Å². The molecule has 1 aliphatic heterocycles. The van der Waals surface area contributed by atoms with Crippen LogP contribution in [-0.4, -0.2) is 50.7 Å². The Labute approximate surface area is 164 Å². The summed E-state index contributed by atoms with van der Waals surface area (Å²) in [6, 6.07) is 4.14. The Morgan fingerprint density at radius 1 is 1.30 bits per heavy atom. The fourth-order valence-corrected chi connectivity index (χ4v) is 4.43. The van der Waals surface area contributed by atoms with Gasteiger partial charge in [-0.05, 0) is 37.6 Å². The van der Waals surface area contributed by atoms with E-state index < -0.39 is 0 Å². The van der Waals surface area contributed by atoms with Gasteiger partial charge in [0.25, 0.3) is 0 Å². The standard InChI is InChI=1S/C20H26N4O2S/c1-15(19-6-4-10-27-19)20(26)23-8-3-5-18(7-9-23)24(16(2)25)13-17-11-21-14-22-12-17/h4,6,10-12,14-15,18H,3,5,7-9,13H2,1-2H3/t15-,18-/m0/s1. The molecular formula is C20H26N4O2S.